The van der Waals surface area contributed by atoms with Gasteiger partial charge in [0.2, 0.25) is 5.91 Å². The fraction of sp³-hybridized carbons (Fsp3) is 0.263. The minimum absolute atomic E-state index is 0.262. The molecule has 2 amide bonds. The Morgan fingerprint density at radius 1 is 1.04 bits per heavy atom. The highest BCUT2D eigenvalue weighted by atomic mass is 35.5. The maximum atomic E-state index is 12.8. The molecule has 1 aliphatic rings. The van der Waals surface area contributed by atoms with Crippen molar-refractivity contribution < 1.29 is 9.59 Å². The molecule has 9 heteroatoms. The Kier molecular flexibility index (Phi) is 6.38. The lowest BCUT2D eigenvalue weighted by atomic mass is 10.1. The van der Waals surface area contributed by atoms with Crippen molar-refractivity contribution in [1.29, 1.82) is 0 Å². The van der Waals surface area contributed by atoms with Crippen LogP contribution < -0.4 is 10.6 Å². The molecule has 1 aliphatic carbocycles. The van der Waals surface area contributed by atoms with Gasteiger partial charge in [-0.25, -0.2) is 0 Å². The fourth-order valence-electron chi connectivity index (χ4n) is 3.08. The van der Waals surface area contributed by atoms with E-state index >= 15 is 0 Å². The van der Waals surface area contributed by atoms with Gasteiger partial charge in [-0.2, -0.15) is 0 Å². The average molecular weight is 481 g/mol. The van der Waals surface area contributed by atoms with Crippen LogP contribution in [0.25, 0.3) is 0 Å². The molecule has 2 atom stereocenters. The van der Waals surface area contributed by atoms with Crippen molar-refractivity contribution in [3.8, 4) is 0 Å². The van der Waals surface area contributed by atoms with E-state index in [4.69, 9.17) is 58.0 Å². The third-order valence-electron chi connectivity index (χ3n) is 4.40. The predicted molar refractivity (Wildman–Crippen MR) is 115 cm³/mol. The second-order valence-electron chi connectivity index (χ2n) is 6.38. The number of carbonyl (C=O) groups excluding carboxylic acids is 2. The van der Waals surface area contributed by atoms with Crippen molar-refractivity contribution in [2.75, 3.05) is 11.9 Å². The number of nitrogens with one attached hydrogen (secondary N) is 2. The molecule has 148 valence electrons. The minimum Gasteiger partial charge on any atom is -0.352 e. The molecule has 3 rings (SSSR count). The van der Waals surface area contributed by atoms with Gasteiger partial charge in [0.15, 0.2) is 0 Å². The molecule has 0 radical (unpaired) electrons. The predicted octanol–water partition coefficient (Wildman–Crippen LogP) is 5.92. The van der Waals surface area contributed by atoms with E-state index in [1.165, 1.54) is 12.1 Å². The summed E-state index contributed by atoms with van der Waals surface area (Å²) >= 11 is 30.9. The molecule has 28 heavy (non-hydrogen) atoms. The summed E-state index contributed by atoms with van der Waals surface area (Å²) in [6, 6.07) is 9.59. The van der Waals surface area contributed by atoms with E-state index in [-0.39, 0.29) is 22.4 Å². The van der Waals surface area contributed by atoms with Crippen LogP contribution in [0.15, 0.2) is 36.4 Å². The Hall–Kier alpha value is -1.17. The molecule has 0 saturated heterocycles. The van der Waals surface area contributed by atoms with Crippen LogP contribution in [0.3, 0.4) is 0 Å². The van der Waals surface area contributed by atoms with Gasteiger partial charge in [-0.15, -0.1) is 23.2 Å². The van der Waals surface area contributed by atoms with Gasteiger partial charge in [-0.3, -0.25) is 9.59 Å². The van der Waals surface area contributed by atoms with Crippen LogP contribution in [0.2, 0.25) is 15.1 Å². The largest absolute Gasteiger partial charge is 0.352 e. The van der Waals surface area contributed by atoms with Crippen LogP contribution in [-0.2, 0) is 4.79 Å². The molecule has 0 aromatic heterocycles. The SMILES string of the molecule is CCNC(=O)c1cc(NC(=O)[C@H]2[C@H](c3cc(Cl)cc(Cl)c3)C2(Cl)Cl)ccc1Cl. The summed E-state index contributed by atoms with van der Waals surface area (Å²) in [5.41, 5.74) is 1.36. The lowest BCUT2D eigenvalue weighted by Crippen LogP contribution is -2.23. The van der Waals surface area contributed by atoms with Gasteiger partial charge in [0, 0.05) is 28.2 Å². The normalized spacial score (nSPS) is 19.8. The van der Waals surface area contributed by atoms with E-state index in [2.05, 4.69) is 10.6 Å². The summed E-state index contributed by atoms with van der Waals surface area (Å²) in [5.74, 6) is -1.86. The quantitative estimate of drug-likeness (QED) is 0.522. The number of halogens is 5. The first-order chi connectivity index (χ1) is 13.1. The van der Waals surface area contributed by atoms with Gasteiger partial charge in [0.25, 0.3) is 5.91 Å². The van der Waals surface area contributed by atoms with Crippen LogP contribution in [0.4, 0.5) is 5.69 Å². The molecule has 0 bridgehead atoms. The van der Waals surface area contributed by atoms with E-state index in [1.807, 2.05) is 0 Å². The van der Waals surface area contributed by atoms with E-state index in [9.17, 15) is 9.59 Å². The van der Waals surface area contributed by atoms with Crippen LogP contribution in [0, 0.1) is 5.92 Å². The number of hydrogen-bond acceptors (Lipinski definition) is 2. The molecule has 0 spiro atoms. The summed E-state index contributed by atoms with van der Waals surface area (Å²) in [4.78, 5) is 24.8. The zero-order chi connectivity index (χ0) is 20.6. The van der Waals surface area contributed by atoms with Crippen molar-refractivity contribution in [2.45, 2.75) is 17.2 Å². The first-order valence-electron chi connectivity index (χ1n) is 8.37. The Bertz CT molecular complexity index is 928. The Morgan fingerprint density at radius 2 is 1.68 bits per heavy atom. The Balaban J connectivity index is 1.80. The molecule has 4 nitrogen and oxygen atoms in total. The fourth-order valence-corrected chi connectivity index (χ4v) is 4.65. The number of benzene rings is 2. The highest BCUT2D eigenvalue weighted by Gasteiger charge is 2.67. The summed E-state index contributed by atoms with van der Waals surface area (Å²) in [6.07, 6.45) is 0. The van der Waals surface area contributed by atoms with Crippen molar-refractivity contribution in [2.24, 2.45) is 5.92 Å². The zero-order valence-corrected chi connectivity index (χ0v) is 18.3. The van der Waals surface area contributed by atoms with Gasteiger partial charge >= 0.3 is 0 Å². The molecule has 0 heterocycles. The van der Waals surface area contributed by atoms with Crippen LogP contribution in [0.1, 0.15) is 28.8 Å². The third-order valence-corrected chi connectivity index (χ3v) is 6.10. The summed E-state index contributed by atoms with van der Waals surface area (Å²) < 4.78 is -1.28. The Morgan fingerprint density at radius 3 is 2.29 bits per heavy atom. The van der Waals surface area contributed by atoms with Crippen LogP contribution in [-0.4, -0.2) is 22.7 Å². The summed E-state index contributed by atoms with van der Waals surface area (Å²) in [5, 5.41) is 6.56. The van der Waals surface area contributed by atoms with Gasteiger partial charge in [-0.05, 0) is 48.9 Å². The zero-order valence-electron chi connectivity index (χ0n) is 14.5. The van der Waals surface area contributed by atoms with Crippen molar-refractivity contribution >= 4 is 75.5 Å². The monoisotopic (exact) mass is 478 g/mol. The minimum atomic E-state index is -1.28. The average Bonchev–Trinajstić information content (AvgIpc) is 3.18. The number of anilines is 1. The smallest absolute Gasteiger partial charge is 0.252 e. The molecule has 2 aromatic carbocycles. The first kappa shape index (κ1) is 21.5. The lowest BCUT2D eigenvalue weighted by Gasteiger charge is -2.09. The van der Waals surface area contributed by atoms with Crippen molar-refractivity contribution in [1.82, 2.24) is 5.32 Å². The highest BCUT2D eigenvalue weighted by molar-refractivity contribution is 6.53. The van der Waals surface area contributed by atoms with E-state index in [0.717, 1.165) is 0 Å². The Labute approximate surface area is 187 Å². The van der Waals surface area contributed by atoms with Crippen molar-refractivity contribution in [3.63, 3.8) is 0 Å². The number of amides is 2. The van der Waals surface area contributed by atoms with E-state index in [0.29, 0.717) is 27.8 Å². The highest BCUT2D eigenvalue weighted by Crippen LogP contribution is 2.65. The number of alkyl halides is 2. The number of hydrogen-bond donors (Lipinski definition) is 2. The third kappa shape index (κ3) is 4.37. The van der Waals surface area contributed by atoms with Gasteiger partial charge in [0.1, 0.15) is 4.33 Å². The second-order valence-corrected chi connectivity index (χ2v) is 9.10. The topological polar surface area (TPSA) is 58.2 Å². The van der Waals surface area contributed by atoms with Gasteiger partial charge in [0.05, 0.1) is 16.5 Å². The van der Waals surface area contributed by atoms with Gasteiger partial charge < -0.3 is 10.6 Å². The second kappa shape index (κ2) is 8.29. The number of carbonyl (C=O) groups is 2. The molecule has 0 aliphatic heterocycles. The molecular weight excluding hydrogens is 465 g/mol. The molecule has 2 N–H and O–H groups in total. The van der Waals surface area contributed by atoms with Crippen LogP contribution >= 0.6 is 58.0 Å². The van der Waals surface area contributed by atoms with Gasteiger partial charge in [-0.1, -0.05) is 34.8 Å². The molecule has 1 saturated carbocycles. The van der Waals surface area contributed by atoms with Crippen LogP contribution in [0.5, 0.6) is 0 Å². The standard InChI is InChI=1S/C19H15Cl5N2O2/c1-2-25-17(27)13-8-12(3-4-14(13)22)26-18(28)16-15(19(16,23)24)9-5-10(20)7-11(21)6-9/h3-8,15-16H,2H2,1H3,(H,25,27)(H,26,28)/t15-,16+/m0/s1. The van der Waals surface area contributed by atoms with E-state index < -0.39 is 16.2 Å². The summed E-state index contributed by atoms with van der Waals surface area (Å²) in [6.45, 7) is 2.26. The maximum absolute atomic E-state index is 12.8. The first-order valence-corrected chi connectivity index (χ1v) is 10.3. The maximum Gasteiger partial charge on any atom is 0.252 e. The van der Waals surface area contributed by atoms with Crippen molar-refractivity contribution in [3.05, 3.63) is 62.6 Å². The summed E-state index contributed by atoms with van der Waals surface area (Å²) in [7, 11) is 0. The molecule has 2 aromatic rings. The lowest BCUT2D eigenvalue weighted by molar-refractivity contribution is -0.117. The molecule has 0 unspecified atom stereocenters. The molecule has 1 fully saturated rings. The van der Waals surface area contributed by atoms with E-state index in [1.54, 1.807) is 31.2 Å². The molecular formula is C19H15Cl5N2O2. The number of rotatable bonds is 5.